The van der Waals surface area contributed by atoms with Gasteiger partial charge in [0.2, 0.25) is 0 Å². The molecule has 4 heteroatoms. The molecular weight excluding hydrogens is 221 g/mol. The maximum Gasteiger partial charge on any atom is 0.0964 e. The van der Waals surface area contributed by atoms with Crippen LogP contribution in [0.4, 0.5) is 0 Å². The number of rotatable bonds is 1. The summed E-state index contributed by atoms with van der Waals surface area (Å²) in [4.78, 5) is 0. The maximum absolute atomic E-state index is 6.07. The topological polar surface area (TPSA) is 21.3 Å². The van der Waals surface area contributed by atoms with Crippen molar-refractivity contribution in [2.45, 2.75) is 6.10 Å². The first-order valence-electron chi connectivity index (χ1n) is 4.54. The van der Waals surface area contributed by atoms with Crippen LogP contribution in [0.25, 0.3) is 0 Å². The molecule has 1 aliphatic rings. The largest absolute Gasteiger partial charge is 0.371 e. The van der Waals surface area contributed by atoms with Gasteiger partial charge in [-0.15, -0.1) is 0 Å². The molecule has 1 unspecified atom stereocenters. The molecule has 1 fully saturated rings. The summed E-state index contributed by atoms with van der Waals surface area (Å²) in [6, 6.07) is 5.50. The fourth-order valence-electron chi connectivity index (χ4n) is 1.53. The summed E-state index contributed by atoms with van der Waals surface area (Å²) in [5.41, 5.74) is 1.00. The number of halogens is 2. The average molecular weight is 232 g/mol. The van der Waals surface area contributed by atoms with E-state index in [1.54, 1.807) is 6.07 Å². The van der Waals surface area contributed by atoms with Crippen LogP contribution in [-0.4, -0.2) is 19.7 Å². The number of ether oxygens (including phenoxy) is 1. The highest BCUT2D eigenvalue weighted by molar-refractivity contribution is 6.35. The van der Waals surface area contributed by atoms with E-state index in [1.807, 2.05) is 12.1 Å². The average Bonchev–Trinajstić information content (AvgIpc) is 2.19. The third-order valence-corrected chi connectivity index (χ3v) is 2.80. The second-order valence-corrected chi connectivity index (χ2v) is 4.07. The van der Waals surface area contributed by atoms with Crippen LogP contribution in [-0.2, 0) is 4.74 Å². The lowest BCUT2D eigenvalue weighted by Gasteiger charge is -2.24. The van der Waals surface area contributed by atoms with Crippen molar-refractivity contribution in [3.05, 3.63) is 33.8 Å². The summed E-state index contributed by atoms with van der Waals surface area (Å²) in [6.45, 7) is 2.44. The normalized spacial score (nSPS) is 22.3. The molecule has 0 spiro atoms. The van der Waals surface area contributed by atoms with Crippen LogP contribution in [0, 0.1) is 0 Å². The van der Waals surface area contributed by atoms with Gasteiger partial charge in [0.15, 0.2) is 0 Å². The van der Waals surface area contributed by atoms with E-state index in [9.17, 15) is 0 Å². The highest BCUT2D eigenvalue weighted by Gasteiger charge is 2.18. The lowest BCUT2D eigenvalue weighted by molar-refractivity contribution is 0.0277. The Kier molecular flexibility index (Phi) is 3.29. The number of hydrogen-bond donors (Lipinski definition) is 1. The van der Waals surface area contributed by atoms with Crippen molar-refractivity contribution in [2.24, 2.45) is 0 Å². The van der Waals surface area contributed by atoms with Crippen LogP contribution in [0.3, 0.4) is 0 Å². The van der Waals surface area contributed by atoms with Crippen molar-refractivity contribution in [1.29, 1.82) is 0 Å². The van der Waals surface area contributed by atoms with Crippen LogP contribution in [0.15, 0.2) is 18.2 Å². The van der Waals surface area contributed by atoms with Gasteiger partial charge in [-0.05, 0) is 12.1 Å². The van der Waals surface area contributed by atoms with Crippen LogP contribution in [0.5, 0.6) is 0 Å². The van der Waals surface area contributed by atoms with Gasteiger partial charge in [-0.2, -0.15) is 0 Å². The quantitative estimate of drug-likeness (QED) is 0.803. The lowest BCUT2D eigenvalue weighted by atomic mass is 10.1. The SMILES string of the molecule is Clc1ccc(C2CNCCO2)c(Cl)c1. The standard InChI is InChI=1S/C10H11Cl2NO/c11-7-1-2-8(9(12)5-7)10-6-13-3-4-14-10/h1-2,5,10,13H,3-4,6H2. The van der Waals surface area contributed by atoms with Gasteiger partial charge < -0.3 is 10.1 Å². The van der Waals surface area contributed by atoms with Crippen molar-refractivity contribution < 1.29 is 4.74 Å². The molecule has 2 rings (SSSR count). The van der Waals surface area contributed by atoms with Gasteiger partial charge in [0.25, 0.3) is 0 Å². The van der Waals surface area contributed by atoms with Crippen molar-refractivity contribution in [1.82, 2.24) is 5.32 Å². The zero-order chi connectivity index (χ0) is 9.97. The first-order chi connectivity index (χ1) is 6.77. The summed E-state index contributed by atoms with van der Waals surface area (Å²) in [7, 11) is 0. The monoisotopic (exact) mass is 231 g/mol. The summed E-state index contributed by atoms with van der Waals surface area (Å²) in [5.74, 6) is 0. The van der Waals surface area contributed by atoms with E-state index in [-0.39, 0.29) is 6.10 Å². The molecule has 0 amide bonds. The second kappa shape index (κ2) is 4.49. The van der Waals surface area contributed by atoms with Gasteiger partial charge in [0.05, 0.1) is 12.7 Å². The van der Waals surface area contributed by atoms with Gasteiger partial charge in [-0.1, -0.05) is 29.3 Å². The molecule has 0 aromatic heterocycles. The summed E-state index contributed by atoms with van der Waals surface area (Å²) in [5, 5.41) is 4.59. The highest BCUT2D eigenvalue weighted by Crippen LogP contribution is 2.28. The summed E-state index contributed by atoms with van der Waals surface area (Å²) < 4.78 is 5.59. The van der Waals surface area contributed by atoms with Crippen LogP contribution in [0.2, 0.25) is 10.0 Å². The van der Waals surface area contributed by atoms with E-state index < -0.39 is 0 Å². The first kappa shape index (κ1) is 10.2. The molecular formula is C10H11Cl2NO. The smallest absolute Gasteiger partial charge is 0.0964 e. The Morgan fingerprint density at radius 3 is 2.86 bits per heavy atom. The van der Waals surface area contributed by atoms with E-state index in [0.717, 1.165) is 25.3 Å². The van der Waals surface area contributed by atoms with Crippen LogP contribution in [0.1, 0.15) is 11.7 Å². The zero-order valence-electron chi connectivity index (χ0n) is 7.59. The molecule has 1 heterocycles. The molecule has 0 aliphatic carbocycles. The van der Waals surface area contributed by atoms with Crippen molar-refractivity contribution in [2.75, 3.05) is 19.7 Å². The van der Waals surface area contributed by atoms with E-state index in [2.05, 4.69) is 5.32 Å². The first-order valence-corrected chi connectivity index (χ1v) is 5.30. The Morgan fingerprint density at radius 2 is 2.21 bits per heavy atom. The van der Waals surface area contributed by atoms with Crippen molar-refractivity contribution in [3.8, 4) is 0 Å². The third kappa shape index (κ3) is 2.20. The van der Waals surface area contributed by atoms with Gasteiger partial charge in [-0.25, -0.2) is 0 Å². The molecule has 14 heavy (non-hydrogen) atoms. The highest BCUT2D eigenvalue weighted by atomic mass is 35.5. The van der Waals surface area contributed by atoms with E-state index in [1.165, 1.54) is 0 Å². The molecule has 1 aromatic rings. The van der Waals surface area contributed by atoms with Gasteiger partial charge in [0.1, 0.15) is 0 Å². The van der Waals surface area contributed by atoms with Crippen molar-refractivity contribution >= 4 is 23.2 Å². The predicted molar refractivity (Wildman–Crippen MR) is 58.0 cm³/mol. The molecule has 76 valence electrons. The summed E-state index contributed by atoms with van der Waals surface area (Å²) in [6.07, 6.45) is 0.0496. The number of morpholine rings is 1. The van der Waals surface area contributed by atoms with E-state index >= 15 is 0 Å². The summed E-state index contributed by atoms with van der Waals surface area (Å²) >= 11 is 11.9. The maximum atomic E-state index is 6.07. The molecule has 2 nitrogen and oxygen atoms in total. The Morgan fingerprint density at radius 1 is 1.36 bits per heavy atom. The molecule has 1 aliphatic heterocycles. The Balaban J connectivity index is 2.22. The molecule has 1 saturated heterocycles. The molecule has 1 atom stereocenters. The van der Waals surface area contributed by atoms with E-state index in [4.69, 9.17) is 27.9 Å². The Hall–Kier alpha value is -0.280. The molecule has 0 saturated carbocycles. The molecule has 1 N–H and O–H groups in total. The Labute approximate surface area is 93.2 Å². The second-order valence-electron chi connectivity index (χ2n) is 3.23. The minimum Gasteiger partial charge on any atom is -0.371 e. The molecule has 0 bridgehead atoms. The van der Waals surface area contributed by atoms with Gasteiger partial charge in [-0.3, -0.25) is 0 Å². The minimum absolute atomic E-state index is 0.0496. The Bertz CT molecular complexity index is 324. The fraction of sp³-hybridized carbons (Fsp3) is 0.400. The lowest BCUT2D eigenvalue weighted by Crippen LogP contribution is -2.33. The van der Waals surface area contributed by atoms with Crippen molar-refractivity contribution in [3.63, 3.8) is 0 Å². The minimum atomic E-state index is 0.0496. The van der Waals surface area contributed by atoms with E-state index in [0.29, 0.717) is 10.0 Å². The number of nitrogens with one attached hydrogen (secondary N) is 1. The van der Waals surface area contributed by atoms with Crippen LogP contribution >= 0.6 is 23.2 Å². The number of benzene rings is 1. The predicted octanol–water partition coefficient (Wildman–Crippen LogP) is 2.65. The third-order valence-electron chi connectivity index (χ3n) is 2.24. The van der Waals surface area contributed by atoms with Gasteiger partial charge in [0, 0.05) is 28.7 Å². The van der Waals surface area contributed by atoms with Crippen LogP contribution < -0.4 is 5.32 Å². The zero-order valence-corrected chi connectivity index (χ0v) is 9.11. The molecule has 1 aromatic carbocycles. The fourth-order valence-corrected chi connectivity index (χ4v) is 2.06. The molecule has 0 radical (unpaired) electrons. The number of hydrogen-bond acceptors (Lipinski definition) is 2. The van der Waals surface area contributed by atoms with Gasteiger partial charge >= 0.3 is 0 Å².